The van der Waals surface area contributed by atoms with Crippen molar-refractivity contribution in [3.8, 4) is 0 Å². The van der Waals surface area contributed by atoms with Crippen LogP contribution in [0.2, 0.25) is 0 Å². The summed E-state index contributed by atoms with van der Waals surface area (Å²) in [4.78, 5) is 18.4. The average molecular weight is 411 g/mol. The molecule has 1 atom stereocenters. The Morgan fingerprint density at radius 1 is 1.28 bits per heavy atom. The molecule has 4 rings (SSSR count). The van der Waals surface area contributed by atoms with Gasteiger partial charge in [-0.2, -0.15) is 13.2 Å². The number of hydrogen-bond donors (Lipinski definition) is 0. The van der Waals surface area contributed by atoms with E-state index in [2.05, 4.69) is 4.98 Å². The van der Waals surface area contributed by atoms with Crippen LogP contribution >= 0.6 is 0 Å². The second-order valence-corrected chi connectivity index (χ2v) is 7.59. The zero-order valence-corrected chi connectivity index (χ0v) is 16.2. The SMILES string of the molecule is COCC(=O)N1CCC(n2c([C@H]3CCCO3)nc3cc(C(F)(F)F)ccc32)CC1. The van der Waals surface area contributed by atoms with Crippen molar-refractivity contribution in [3.63, 3.8) is 0 Å². The van der Waals surface area contributed by atoms with Gasteiger partial charge in [0.2, 0.25) is 5.91 Å². The lowest BCUT2D eigenvalue weighted by atomic mass is 10.0. The summed E-state index contributed by atoms with van der Waals surface area (Å²) in [7, 11) is 1.49. The molecular formula is C20H24F3N3O3. The number of piperidine rings is 1. The summed E-state index contributed by atoms with van der Waals surface area (Å²) < 4.78 is 52.2. The van der Waals surface area contributed by atoms with Crippen LogP contribution in [0.5, 0.6) is 0 Å². The van der Waals surface area contributed by atoms with Crippen molar-refractivity contribution < 1.29 is 27.4 Å². The first-order valence-corrected chi connectivity index (χ1v) is 9.86. The van der Waals surface area contributed by atoms with Gasteiger partial charge in [-0.05, 0) is 43.9 Å². The molecule has 1 aromatic carbocycles. The molecule has 2 aliphatic heterocycles. The van der Waals surface area contributed by atoms with Gasteiger partial charge in [0.1, 0.15) is 18.5 Å². The predicted octanol–water partition coefficient (Wildman–Crippen LogP) is 3.72. The molecule has 29 heavy (non-hydrogen) atoms. The number of ether oxygens (including phenoxy) is 2. The summed E-state index contributed by atoms with van der Waals surface area (Å²) in [6.07, 6.45) is -1.48. The van der Waals surface area contributed by atoms with Crippen molar-refractivity contribution in [1.82, 2.24) is 14.5 Å². The van der Waals surface area contributed by atoms with E-state index in [4.69, 9.17) is 9.47 Å². The summed E-state index contributed by atoms with van der Waals surface area (Å²) in [6, 6.07) is 3.78. The number of aromatic nitrogens is 2. The van der Waals surface area contributed by atoms with Gasteiger partial charge < -0.3 is 18.9 Å². The highest BCUT2D eigenvalue weighted by molar-refractivity contribution is 5.78. The summed E-state index contributed by atoms with van der Waals surface area (Å²) in [5.74, 6) is 0.647. The second-order valence-electron chi connectivity index (χ2n) is 7.59. The van der Waals surface area contributed by atoms with Gasteiger partial charge >= 0.3 is 6.18 Å². The fourth-order valence-electron chi connectivity index (χ4n) is 4.27. The minimum atomic E-state index is -4.41. The van der Waals surface area contributed by atoms with Crippen LogP contribution in [0, 0.1) is 0 Å². The number of halogens is 3. The monoisotopic (exact) mass is 411 g/mol. The van der Waals surface area contributed by atoms with Gasteiger partial charge in [-0.25, -0.2) is 4.98 Å². The molecule has 2 aliphatic rings. The number of benzene rings is 1. The Hall–Kier alpha value is -2.13. The van der Waals surface area contributed by atoms with E-state index in [-0.39, 0.29) is 24.7 Å². The van der Waals surface area contributed by atoms with Crippen LogP contribution in [0.15, 0.2) is 18.2 Å². The van der Waals surface area contributed by atoms with Crippen molar-refractivity contribution in [2.24, 2.45) is 0 Å². The van der Waals surface area contributed by atoms with E-state index >= 15 is 0 Å². The molecule has 0 N–H and O–H groups in total. The Bertz CT molecular complexity index is 882. The maximum atomic E-state index is 13.2. The predicted molar refractivity (Wildman–Crippen MR) is 99.4 cm³/mol. The molecule has 0 saturated carbocycles. The van der Waals surface area contributed by atoms with Crippen LogP contribution in [-0.2, 0) is 20.4 Å². The van der Waals surface area contributed by atoms with Gasteiger partial charge in [0.25, 0.3) is 0 Å². The van der Waals surface area contributed by atoms with Gasteiger partial charge in [0, 0.05) is 32.8 Å². The largest absolute Gasteiger partial charge is 0.416 e. The molecule has 0 bridgehead atoms. The smallest absolute Gasteiger partial charge is 0.375 e. The average Bonchev–Trinajstić information content (AvgIpc) is 3.34. The number of rotatable bonds is 4. The number of nitrogens with zero attached hydrogens (tertiary/aromatic N) is 3. The molecule has 6 nitrogen and oxygen atoms in total. The molecule has 0 aliphatic carbocycles. The lowest BCUT2D eigenvalue weighted by Gasteiger charge is -2.34. The first kappa shape index (κ1) is 20.2. The standard InChI is InChI=1S/C20H24F3N3O3/c1-28-12-18(27)25-8-6-14(7-9-25)26-16-5-4-13(20(21,22)23)11-15(16)24-19(26)17-3-2-10-29-17/h4-5,11,14,17H,2-3,6-10,12H2,1H3/t17-/m1/s1. The summed E-state index contributed by atoms with van der Waals surface area (Å²) >= 11 is 0. The van der Waals surface area contributed by atoms with Crippen LogP contribution in [-0.4, -0.2) is 53.8 Å². The van der Waals surface area contributed by atoms with Crippen molar-refractivity contribution in [3.05, 3.63) is 29.6 Å². The highest BCUT2D eigenvalue weighted by Gasteiger charge is 2.34. The molecule has 2 aromatic rings. The third-order valence-electron chi connectivity index (χ3n) is 5.71. The van der Waals surface area contributed by atoms with Gasteiger partial charge in [-0.15, -0.1) is 0 Å². The molecule has 9 heteroatoms. The summed E-state index contributed by atoms with van der Waals surface area (Å²) in [5, 5.41) is 0. The number of hydrogen-bond acceptors (Lipinski definition) is 4. The fourth-order valence-corrected chi connectivity index (χ4v) is 4.27. The lowest BCUT2D eigenvalue weighted by molar-refractivity contribution is -0.137. The zero-order valence-electron chi connectivity index (χ0n) is 16.2. The molecule has 1 aromatic heterocycles. The van der Waals surface area contributed by atoms with Crippen molar-refractivity contribution >= 4 is 16.9 Å². The molecule has 0 unspecified atom stereocenters. The first-order chi connectivity index (χ1) is 13.9. The zero-order chi connectivity index (χ0) is 20.6. The van der Waals surface area contributed by atoms with E-state index in [1.54, 1.807) is 4.90 Å². The van der Waals surface area contributed by atoms with Gasteiger partial charge in [0.05, 0.1) is 16.6 Å². The van der Waals surface area contributed by atoms with E-state index in [0.717, 1.165) is 25.0 Å². The Labute approximate surface area is 166 Å². The third kappa shape index (κ3) is 3.98. The number of carbonyl (C=O) groups is 1. The highest BCUT2D eigenvalue weighted by Crippen LogP contribution is 2.38. The van der Waals surface area contributed by atoms with Gasteiger partial charge in [-0.1, -0.05) is 0 Å². The van der Waals surface area contributed by atoms with Crippen LogP contribution < -0.4 is 0 Å². The number of carbonyl (C=O) groups excluding carboxylic acids is 1. The number of likely N-dealkylation sites (tertiary alicyclic amines) is 1. The quantitative estimate of drug-likeness (QED) is 0.770. The van der Waals surface area contributed by atoms with E-state index < -0.39 is 11.7 Å². The molecular weight excluding hydrogens is 387 g/mol. The minimum absolute atomic E-state index is 0.0457. The maximum absolute atomic E-state index is 13.2. The normalized spacial score (nSPS) is 21.2. The van der Waals surface area contributed by atoms with Gasteiger partial charge in [-0.3, -0.25) is 4.79 Å². The van der Waals surface area contributed by atoms with Crippen molar-refractivity contribution in [1.29, 1.82) is 0 Å². The van der Waals surface area contributed by atoms with Crippen LogP contribution in [0.3, 0.4) is 0 Å². The van der Waals surface area contributed by atoms with E-state index in [9.17, 15) is 18.0 Å². The maximum Gasteiger partial charge on any atom is 0.416 e. The van der Waals surface area contributed by atoms with Crippen LogP contribution in [0.4, 0.5) is 13.2 Å². The Kier molecular flexibility index (Phi) is 5.52. The number of fused-ring (bicyclic) bond motifs is 1. The minimum Gasteiger partial charge on any atom is -0.375 e. The lowest BCUT2D eigenvalue weighted by Crippen LogP contribution is -2.41. The molecule has 158 valence electrons. The van der Waals surface area contributed by atoms with Crippen molar-refractivity contribution in [2.45, 2.75) is 44.0 Å². The molecule has 2 fully saturated rings. The van der Waals surface area contributed by atoms with Crippen molar-refractivity contribution in [2.75, 3.05) is 33.4 Å². The first-order valence-electron chi connectivity index (χ1n) is 9.86. The number of imidazole rings is 1. The Balaban J connectivity index is 1.67. The van der Waals surface area contributed by atoms with Gasteiger partial charge in [0.15, 0.2) is 0 Å². The number of alkyl halides is 3. The molecule has 0 radical (unpaired) electrons. The molecule has 2 saturated heterocycles. The van der Waals surface area contributed by atoms with E-state index in [1.807, 2.05) is 4.57 Å². The summed E-state index contributed by atoms with van der Waals surface area (Å²) in [5.41, 5.74) is 0.321. The highest BCUT2D eigenvalue weighted by atomic mass is 19.4. The molecule has 0 spiro atoms. The number of amides is 1. The van der Waals surface area contributed by atoms with Crippen LogP contribution in [0.25, 0.3) is 11.0 Å². The molecule has 1 amide bonds. The molecule has 3 heterocycles. The summed E-state index contributed by atoms with van der Waals surface area (Å²) in [6.45, 7) is 1.85. The topological polar surface area (TPSA) is 56.6 Å². The Morgan fingerprint density at radius 2 is 2.03 bits per heavy atom. The fraction of sp³-hybridized carbons (Fsp3) is 0.600. The van der Waals surface area contributed by atoms with E-state index in [0.29, 0.717) is 49.4 Å². The number of methoxy groups -OCH3 is 1. The van der Waals surface area contributed by atoms with E-state index in [1.165, 1.54) is 13.2 Å². The second kappa shape index (κ2) is 7.95. The van der Waals surface area contributed by atoms with Crippen LogP contribution in [0.1, 0.15) is 49.2 Å². The third-order valence-corrected chi connectivity index (χ3v) is 5.71. The Morgan fingerprint density at radius 3 is 2.66 bits per heavy atom.